The van der Waals surface area contributed by atoms with E-state index >= 15 is 0 Å². The minimum atomic E-state index is -0.484. The zero-order valence-corrected chi connectivity index (χ0v) is 7.31. The van der Waals surface area contributed by atoms with E-state index in [2.05, 4.69) is 4.74 Å². The van der Waals surface area contributed by atoms with Crippen molar-refractivity contribution in [2.24, 2.45) is 5.92 Å². The minimum absolute atomic E-state index is 0.00838. The van der Waals surface area contributed by atoms with Crippen molar-refractivity contribution in [2.45, 2.75) is 27.2 Å². The van der Waals surface area contributed by atoms with E-state index in [0.717, 1.165) is 6.42 Å². The molecular formula is C8H15NO2. The maximum absolute atomic E-state index is 10.9. The molecule has 0 aromatic heterocycles. The maximum atomic E-state index is 10.9. The molecule has 0 saturated carbocycles. The first-order chi connectivity index (χ1) is 5.13. The molecule has 0 fully saturated rings. The normalized spacial score (nSPS) is 12.3. The number of ether oxygens (including phenoxy) is 1. The van der Waals surface area contributed by atoms with Crippen molar-refractivity contribution in [3.05, 3.63) is 0 Å². The van der Waals surface area contributed by atoms with Gasteiger partial charge in [-0.05, 0) is 13.3 Å². The van der Waals surface area contributed by atoms with Crippen LogP contribution in [0.2, 0.25) is 0 Å². The van der Waals surface area contributed by atoms with Gasteiger partial charge in [-0.1, -0.05) is 13.8 Å². The maximum Gasteiger partial charge on any atom is 0.352 e. The van der Waals surface area contributed by atoms with Gasteiger partial charge in [0, 0.05) is 5.92 Å². The van der Waals surface area contributed by atoms with Crippen LogP contribution in [0.3, 0.4) is 0 Å². The van der Waals surface area contributed by atoms with Gasteiger partial charge in [-0.2, -0.15) is 0 Å². The Hall–Kier alpha value is -0.860. The summed E-state index contributed by atoms with van der Waals surface area (Å²) < 4.78 is 4.66. The van der Waals surface area contributed by atoms with Gasteiger partial charge in [-0.15, -0.1) is 0 Å². The molecule has 1 unspecified atom stereocenters. The third-order valence-corrected chi connectivity index (χ3v) is 1.60. The fourth-order valence-corrected chi connectivity index (χ4v) is 0.614. The second kappa shape index (κ2) is 4.88. The summed E-state index contributed by atoms with van der Waals surface area (Å²) in [6.07, 6.45) is 0.803. The molecular weight excluding hydrogens is 142 g/mol. The zero-order valence-electron chi connectivity index (χ0n) is 7.31. The molecule has 0 aliphatic carbocycles. The first-order valence-corrected chi connectivity index (χ1v) is 3.89. The van der Waals surface area contributed by atoms with E-state index in [1.807, 2.05) is 13.8 Å². The summed E-state index contributed by atoms with van der Waals surface area (Å²) in [5, 5.41) is 7.33. The van der Waals surface area contributed by atoms with Gasteiger partial charge in [0.05, 0.1) is 6.61 Å². The standard InChI is InChI=1S/C8H15NO2/c1-4-6(3)7(9)8(10)11-5-2/h6,9H,4-5H2,1-3H3. The summed E-state index contributed by atoms with van der Waals surface area (Å²) in [5.41, 5.74) is 0.0781. The molecule has 3 heteroatoms. The van der Waals surface area contributed by atoms with E-state index in [1.54, 1.807) is 6.92 Å². The molecule has 0 aromatic carbocycles. The molecule has 0 bridgehead atoms. The van der Waals surface area contributed by atoms with Crippen LogP contribution in [0.4, 0.5) is 0 Å². The van der Waals surface area contributed by atoms with E-state index in [-0.39, 0.29) is 11.6 Å². The molecule has 0 radical (unpaired) electrons. The smallest absolute Gasteiger partial charge is 0.352 e. The number of carbonyl (C=O) groups excluding carboxylic acids is 1. The average Bonchev–Trinajstić information content (AvgIpc) is 2.02. The topological polar surface area (TPSA) is 50.2 Å². The number of carbonyl (C=O) groups is 1. The van der Waals surface area contributed by atoms with Gasteiger partial charge in [0.2, 0.25) is 0 Å². The Morgan fingerprint density at radius 1 is 1.55 bits per heavy atom. The SMILES string of the molecule is CCOC(=O)C(=N)C(C)CC. The molecule has 0 aromatic rings. The number of hydrogen-bond acceptors (Lipinski definition) is 3. The van der Waals surface area contributed by atoms with Crippen LogP contribution in [0.1, 0.15) is 27.2 Å². The van der Waals surface area contributed by atoms with E-state index in [0.29, 0.717) is 6.61 Å². The minimum Gasteiger partial charge on any atom is -0.462 e. The number of rotatable bonds is 4. The summed E-state index contributed by atoms with van der Waals surface area (Å²) in [7, 11) is 0. The highest BCUT2D eigenvalue weighted by molar-refractivity contribution is 6.35. The van der Waals surface area contributed by atoms with Crippen LogP contribution in [-0.2, 0) is 9.53 Å². The molecule has 1 N–H and O–H groups in total. The van der Waals surface area contributed by atoms with Gasteiger partial charge in [-0.3, -0.25) is 5.41 Å². The van der Waals surface area contributed by atoms with E-state index in [1.165, 1.54) is 0 Å². The predicted octanol–water partition coefficient (Wildman–Crippen LogP) is 1.62. The van der Waals surface area contributed by atoms with Crippen LogP contribution in [0.5, 0.6) is 0 Å². The first-order valence-electron chi connectivity index (χ1n) is 3.89. The molecule has 0 amide bonds. The van der Waals surface area contributed by atoms with Crippen LogP contribution < -0.4 is 0 Å². The Balaban J connectivity index is 3.92. The molecule has 3 nitrogen and oxygen atoms in total. The fourth-order valence-electron chi connectivity index (χ4n) is 0.614. The van der Waals surface area contributed by atoms with Crippen LogP contribution >= 0.6 is 0 Å². The highest BCUT2D eigenvalue weighted by Crippen LogP contribution is 2.03. The Morgan fingerprint density at radius 3 is 2.45 bits per heavy atom. The Bertz CT molecular complexity index is 154. The molecule has 0 aliphatic rings. The molecule has 0 spiro atoms. The monoisotopic (exact) mass is 157 g/mol. The lowest BCUT2D eigenvalue weighted by Crippen LogP contribution is -2.22. The molecule has 0 saturated heterocycles. The average molecular weight is 157 g/mol. The highest BCUT2D eigenvalue weighted by atomic mass is 16.5. The zero-order chi connectivity index (χ0) is 8.85. The van der Waals surface area contributed by atoms with Gasteiger partial charge in [0.1, 0.15) is 5.71 Å². The van der Waals surface area contributed by atoms with Gasteiger partial charge < -0.3 is 4.74 Å². The van der Waals surface area contributed by atoms with Crippen molar-refractivity contribution in [1.82, 2.24) is 0 Å². The third-order valence-electron chi connectivity index (χ3n) is 1.60. The molecule has 0 rings (SSSR count). The second-order valence-electron chi connectivity index (χ2n) is 2.44. The summed E-state index contributed by atoms with van der Waals surface area (Å²) in [5.74, 6) is -0.476. The molecule has 64 valence electrons. The number of nitrogens with one attached hydrogen (secondary N) is 1. The van der Waals surface area contributed by atoms with Crippen LogP contribution in [0, 0.1) is 11.3 Å². The van der Waals surface area contributed by atoms with Crippen molar-refractivity contribution in [1.29, 1.82) is 5.41 Å². The quantitative estimate of drug-likeness (QED) is 0.498. The lowest BCUT2D eigenvalue weighted by molar-refractivity contribution is -0.135. The Morgan fingerprint density at radius 2 is 2.09 bits per heavy atom. The Kier molecular flexibility index (Phi) is 4.50. The van der Waals surface area contributed by atoms with Crippen LogP contribution in [0.15, 0.2) is 0 Å². The summed E-state index contributed by atoms with van der Waals surface area (Å²) in [4.78, 5) is 10.9. The van der Waals surface area contributed by atoms with Crippen LogP contribution in [0.25, 0.3) is 0 Å². The molecule has 11 heavy (non-hydrogen) atoms. The molecule has 1 atom stereocenters. The van der Waals surface area contributed by atoms with Crippen molar-refractivity contribution >= 4 is 11.7 Å². The second-order valence-corrected chi connectivity index (χ2v) is 2.44. The van der Waals surface area contributed by atoms with Gasteiger partial charge in [-0.25, -0.2) is 4.79 Å². The highest BCUT2D eigenvalue weighted by Gasteiger charge is 2.15. The van der Waals surface area contributed by atoms with Gasteiger partial charge in [0.15, 0.2) is 0 Å². The fraction of sp³-hybridized carbons (Fsp3) is 0.750. The van der Waals surface area contributed by atoms with E-state index in [9.17, 15) is 4.79 Å². The molecule has 0 heterocycles. The van der Waals surface area contributed by atoms with Crippen molar-refractivity contribution < 1.29 is 9.53 Å². The summed E-state index contributed by atoms with van der Waals surface area (Å²) >= 11 is 0. The number of esters is 1. The summed E-state index contributed by atoms with van der Waals surface area (Å²) in [6.45, 7) is 5.87. The Labute approximate surface area is 67.3 Å². The van der Waals surface area contributed by atoms with E-state index in [4.69, 9.17) is 5.41 Å². The largest absolute Gasteiger partial charge is 0.462 e. The first kappa shape index (κ1) is 10.1. The number of hydrogen-bond donors (Lipinski definition) is 1. The van der Waals surface area contributed by atoms with Crippen molar-refractivity contribution in [2.75, 3.05) is 6.61 Å². The van der Waals surface area contributed by atoms with Gasteiger partial charge in [0.25, 0.3) is 0 Å². The van der Waals surface area contributed by atoms with Crippen LogP contribution in [-0.4, -0.2) is 18.3 Å². The lowest BCUT2D eigenvalue weighted by atomic mass is 10.0. The van der Waals surface area contributed by atoms with Crippen molar-refractivity contribution in [3.63, 3.8) is 0 Å². The van der Waals surface area contributed by atoms with E-state index < -0.39 is 5.97 Å². The lowest BCUT2D eigenvalue weighted by Gasteiger charge is -2.08. The van der Waals surface area contributed by atoms with Crippen molar-refractivity contribution in [3.8, 4) is 0 Å². The predicted molar refractivity (Wildman–Crippen MR) is 43.8 cm³/mol. The van der Waals surface area contributed by atoms with Gasteiger partial charge >= 0.3 is 5.97 Å². The third kappa shape index (κ3) is 3.16. The molecule has 0 aliphatic heterocycles. The summed E-state index contributed by atoms with van der Waals surface area (Å²) in [6, 6.07) is 0.